The van der Waals surface area contributed by atoms with E-state index in [9.17, 15) is 4.79 Å². The van der Waals surface area contributed by atoms with E-state index in [1.165, 1.54) is 6.07 Å². The molecule has 0 unspecified atom stereocenters. The molecule has 6 heteroatoms. The highest BCUT2D eigenvalue weighted by molar-refractivity contribution is 6.32. The summed E-state index contributed by atoms with van der Waals surface area (Å²) >= 11 is 6.07. The normalized spacial score (nSPS) is 10.3. The van der Waals surface area contributed by atoms with Gasteiger partial charge in [0.1, 0.15) is 11.5 Å². The van der Waals surface area contributed by atoms with Gasteiger partial charge in [-0.2, -0.15) is 0 Å². The van der Waals surface area contributed by atoms with Gasteiger partial charge in [0.05, 0.1) is 18.2 Å². The third-order valence-corrected chi connectivity index (χ3v) is 2.87. The number of carbonyl (C=O) groups is 1. The van der Waals surface area contributed by atoms with Gasteiger partial charge in [-0.3, -0.25) is 0 Å². The Labute approximate surface area is 121 Å². The Hall–Kier alpha value is -2.14. The van der Waals surface area contributed by atoms with E-state index in [0.717, 1.165) is 5.69 Å². The third kappa shape index (κ3) is 3.45. The van der Waals surface area contributed by atoms with Crippen LogP contribution in [-0.2, 0) is 6.54 Å². The molecule has 0 fully saturated rings. The summed E-state index contributed by atoms with van der Waals surface area (Å²) in [5.74, 6) is 0.00479. The number of benzene rings is 1. The monoisotopic (exact) mass is 295 g/mol. The molecule has 0 amide bonds. The summed E-state index contributed by atoms with van der Waals surface area (Å²) in [7, 11) is 0. The molecule has 0 aliphatic rings. The number of ether oxygens (including phenoxy) is 1. The number of hydrogen-bond donors (Lipinski definition) is 2. The molecule has 1 aromatic carbocycles. The summed E-state index contributed by atoms with van der Waals surface area (Å²) in [6.07, 6.45) is 0. The minimum atomic E-state index is -1.08. The lowest BCUT2D eigenvalue weighted by molar-refractivity contribution is 0.0660. The van der Waals surface area contributed by atoms with Crippen molar-refractivity contribution in [3.63, 3.8) is 0 Å². The van der Waals surface area contributed by atoms with E-state index in [4.69, 9.17) is 25.9 Å². The molecule has 20 heavy (non-hydrogen) atoms. The molecule has 2 N–H and O–H groups in total. The fourth-order valence-electron chi connectivity index (χ4n) is 1.66. The van der Waals surface area contributed by atoms with Crippen molar-refractivity contribution in [1.82, 2.24) is 0 Å². The van der Waals surface area contributed by atoms with E-state index in [0.29, 0.717) is 29.7 Å². The fraction of sp³-hybridized carbons (Fsp3) is 0.214. The highest BCUT2D eigenvalue weighted by atomic mass is 35.5. The zero-order valence-corrected chi connectivity index (χ0v) is 11.6. The summed E-state index contributed by atoms with van der Waals surface area (Å²) in [4.78, 5) is 10.7. The summed E-state index contributed by atoms with van der Waals surface area (Å²) in [6, 6.07) is 8.39. The quantitative estimate of drug-likeness (QED) is 0.851. The van der Waals surface area contributed by atoms with Gasteiger partial charge in [0.25, 0.3) is 0 Å². The topological polar surface area (TPSA) is 71.7 Å². The van der Waals surface area contributed by atoms with E-state index >= 15 is 0 Å². The number of anilines is 1. The number of halogens is 1. The molecule has 0 saturated carbocycles. The van der Waals surface area contributed by atoms with Crippen LogP contribution in [0.3, 0.4) is 0 Å². The first-order chi connectivity index (χ1) is 9.60. The van der Waals surface area contributed by atoms with Crippen LogP contribution in [0.1, 0.15) is 23.2 Å². The molecule has 5 nitrogen and oxygen atoms in total. The summed E-state index contributed by atoms with van der Waals surface area (Å²) in [5, 5.41) is 12.4. The molecule has 0 spiro atoms. The second kappa shape index (κ2) is 6.34. The molecule has 2 aromatic rings. The standard InChI is InChI=1S/C14H14ClNO4/c1-2-19-12-5-3-9(7-11(12)15)16-8-10-4-6-13(20-10)14(17)18/h3-7,16H,2,8H2,1H3,(H,17,18). The van der Waals surface area contributed by atoms with Crippen LogP contribution < -0.4 is 10.1 Å². The number of hydrogen-bond acceptors (Lipinski definition) is 4. The van der Waals surface area contributed by atoms with Crippen LogP contribution in [-0.4, -0.2) is 17.7 Å². The van der Waals surface area contributed by atoms with Crippen LogP contribution in [0.15, 0.2) is 34.7 Å². The minimum absolute atomic E-state index is 0.0773. The van der Waals surface area contributed by atoms with Gasteiger partial charge in [0.15, 0.2) is 0 Å². The molecule has 106 valence electrons. The van der Waals surface area contributed by atoms with Gasteiger partial charge in [-0.25, -0.2) is 4.79 Å². The van der Waals surface area contributed by atoms with E-state index in [1.807, 2.05) is 13.0 Å². The van der Waals surface area contributed by atoms with Crippen LogP contribution in [0.5, 0.6) is 5.75 Å². The molecule has 0 radical (unpaired) electrons. The zero-order valence-electron chi connectivity index (χ0n) is 10.9. The van der Waals surface area contributed by atoms with Gasteiger partial charge in [0.2, 0.25) is 5.76 Å². The maximum absolute atomic E-state index is 10.7. The lowest BCUT2D eigenvalue weighted by Gasteiger charge is -2.09. The third-order valence-electron chi connectivity index (χ3n) is 2.57. The lowest BCUT2D eigenvalue weighted by atomic mass is 10.3. The van der Waals surface area contributed by atoms with Crippen LogP contribution >= 0.6 is 11.6 Å². The van der Waals surface area contributed by atoms with Gasteiger partial charge in [0, 0.05) is 5.69 Å². The maximum atomic E-state index is 10.7. The Morgan fingerprint density at radius 3 is 2.80 bits per heavy atom. The van der Waals surface area contributed by atoms with E-state index in [1.54, 1.807) is 18.2 Å². The Morgan fingerprint density at radius 1 is 1.40 bits per heavy atom. The van der Waals surface area contributed by atoms with Crippen molar-refractivity contribution in [2.24, 2.45) is 0 Å². The van der Waals surface area contributed by atoms with Gasteiger partial charge in [-0.15, -0.1) is 0 Å². The summed E-state index contributed by atoms with van der Waals surface area (Å²) < 4.78 is 10.5. The molecule has 0 bridgehead atoms. The fourth-order valence-corrected chi connectivity index (χ4v) is 1.90. The average molecular weight is 296 g/mol. The first kappa shape index (κ1) is 14.3. The molecule has 0 aliphatic carbocycles. The van der Waals surface area contributed by atoms with Gasteiger partial charge < -0.3 is 19.6 Å². The molecular weight excluding hydrogens is 282 g/mol. The van der Waals surface area contributed by atoms with Crippen LogP contribution in [0.25, 0.3) is 0 Å². The first-order valence-electron chi connectivity index (χ1n) is 6.08. The van der Waals surface area contributed by atoms with Crippen molar-refractivity contribution in [1.29, 1.82) is 0 Å². The molecule has 1 heterocycles. The predicted molar refractivity (Wildman–Crippen MR) is 75.6 cm³/mol. The SMILES string of the molecule is CCOc1ccc(NCc2ccc(C(=O)O)o2)cc1Cl. The first-order valence-corrected chi connectivity index (χ1v) is 6.46. The number of nitrogens with one attached hydrogen (secondary N) is 1. The second-order valence-corrected chi connectivity index (χ2v) is 4.41. The van der Waals surface area contributed by atoms with Crippen LogP contribution in [0.4, 0.5) is 5.69 Å². The van der Waals surface area contributed by atoms with Gasteiger partial charge >= 0.3 is 5.97 Å². The van der Waals surface area contributed by atoms with E-state index < -0.39 is 5.97 Å². The molecule has 0 saturated heterocycles. The number of aromatic carboxylic acids is 1. The van der Waals surface area contributed by atoms with E-state index in [2.05, 4.69) is 5.32 Å². The Kier molecular flexibility index (Phi) is 4.53. The summed E-state index contributed by atoms with van der Waals surface area (Å²) in [5.41, 5.74) is 0.798. The van der Waals surface area contributed by atoms with Crippen molar-refractivity contribution in [2.45, 2.75) is 13.5 Å². The minimum Gasteiger partial charge on any atom is -0.492 e. The summed E-state index contributed by atoms with van der Waals surface area (Å²) in [6.45, 7) is 2.81. The van der Waals surface area contributed by atoms with Crippen molar-refractivity contribution in [3.8, 4) is 5.75 Å². The molecule has 1 aromatic heterocycles. The number of furan rings is 1. The largest absolute Gasteiger partial charge is 0.492 e. The van der Waals surface area contributed by atoms with Crippen molar-refractivity contribution >= 4 is 23.3 Å². The molecular formula is C14H14ClNO4. The smallest absolute Gasteiger partial charge is 0.371 e. The van der Waals surface area contributed by atoms with Crippen LogP contribution in [0.2, 0.25) is 5.02 Å². The number of carboxylic acid groups (broad SMARTS) is 1. The average Bonchev–Trinajstić information content (AvgIpc) is 2.88. The van der Waals surface area contributed by atoms with Crippen molar-refractivity contribution in [3.05, 3.63) is 46.9 Å². The maximum Gasteiger partial charge on any atom is 0.371 e. The zero-order chi connectivity index (χ0) is 14.5. The Morgan fingerprint density at radius 2 is 2.20 bits per heavy atom. The predicted octanol–water partition coefficient (Wildman–Crippen LogP) is 3.64. The Balaban J connectivity index is 1.99. The molecule has 0 atom stereocenters. The number of rotatable bonds is 6. The van der Waals surface area contributed by atoms with Gasteiger partial charge in [-0.1, -0.05) is 11.6 Å². The van der Waals surface area contributed by atoms with E-state index in [-0.39, 0.29) is 5.76 Å². The van der Waals surface area contributed by atoms with Gasteiger partial charge in [-0.05, 0) is 37.3 Å². The highest BCUT2D eigenvalue weighted by Crippen LogP contribution is 2.27. The molecule has 0 aliphatic heterocycles. The Bertz CT molecular complexity index is 609. The second-order valence-electron chi connectivity index (χ2n) is 4.00. The highest BCUT2D eigenvalue weighted by Gasteiger charge is 2.09. The van der Waals surface area contributed by atoms with Crippen molar-refractivity contribution in [2.75, 3.05) is 11.9 Å². The number of carboxylic acids is 1. The molecule has 2 rings (SSSR count). The van der Waals surface area contributed by atoms with Crippen LogP contribution in [0, 0.1) is 0 Å². The van der Waals surface area contributed by atoms with Crippen molar-refractivity contribution < 1.29 is 19.1 Å². The lowest BCUT2D eigenvalue weighted by Crippen LogP contribution is -1.99.